The van der Waals surface area contributed by atoms with E-state index in [1.54, 1.807) is 0 Å². The van der Waals surface area contributed by atoms with Crippen LogP contribution in [-0.2, 0) is 9.53 Å². The molecule has 0 fully saturated rings. The van der Waals surface area contributed by atoms with Gasteiger partial charge in [-0.1, -0.05) is 23.7 Å². The number of para-hydroxylation sites is 1. The standard InChI is InChI=1S/C17H11ClN2O4S/c1-10(21)24-15(17-19-14-4-2-3-5-16(14)25-17)9-11-8-12(20(22)23)6-7-13(11)18/h2-9H,1H3/b15-9-. The van der Waals surface area contributed by atoms with Crippen LogP contribution in [0, 0.1) is 10.1 Å². The summed E-state index contributed by atoms with van der Waals surface area (Å²) in [5.74, 6) is -0.330. The summed E-state index contributed by atoms with van der Waals surface area (Å²) in [5.41, 5.74) is 1.03. The van der Waals surface area contributed by atoms with E-state index in [1.165, 1.54) is 42.5 Å². The molecule has 1 aromatic heterocycles. The smallest absolute Gasteiger partial charge is 0.308 e. The Kier molecular flexibility index (Phi) is 4.78. The molecule has 0 spiro atoms. The van der Waals surface area contributed by atoms with Crippen molar-refractivity contribution in [2.24, 2.45) is 0 Å². The minimum absolute atomic E-state index is 0.109. The highest BCUT2D eigenvalue weighted by molar-refractivity contribution is 7.19. The molecule has 0 aliphatic rings. The second-order valence-electron chi connectivity index (χ2n) is 5.05. The molecule has 0 unspecified atom stereocenters. The molecule has 126 valence electrons. The maximum atomic E-state index is 11.5. The molecule has 1 heterocycles. The van der Waals surface area contributed by atoms with Crippen LogP contribution in [0.4, 0.5) is 5.69 Å². The van der Waals surface area contributed by atoms with Crippen LogP contribution in [0.3, 0.4) is 0 Å². The summed E-state index contributed by atoms with van der Waals surface area (Å²) in [6.07, 6.45) is 1.48. The highest BCUT2D eigenvalue weighted by atomic mass is 35.5. The van der Waals surface area contributed by atoms with Crippen molar-refractivity contribution in [1.82, 2.24) is 4.98 Å². The minimum atomic E-state index is -0.521. The first-order valence-corrected chi connectivity index (χ1v) is 8.33. The lowest BCUT2D eigenvalue weighted by atomic mass is 10.2. The van der Waals surface area contributed by atoms with Crippen LogP contribution in [0.5, 0.6) is 0 Å². The topological polar surface area (TPSA) is 82.3 Å². The summed E-state index contributed by atoms with van der Waals surface area (Å²) < 4.78 is 6.20. The van der Waals surface area contributed by atoms with Crippen LogP contribution in [0.15, 0.2) is 42.5 Å². The third kappa shape index (κ3) is 3.84. The van der Waals surface area contributed by atoms with Gasteiger partial charge in [-0.15, -0.1) is 11.3 Å². The van der Waals surface area contributed by atoms with E-state index in [2.05, 4.69) is 4.98 Å². The van der Waals surface area contributed by atoms with Gasteiger partial charge in [-0.25, -0.2) is 4.98 Å². The number of non-ortho nitro benzene ring substituents is 1. The average Bonchev–Trinajstić information content (AvgIpc) is 2.99. The van der Waals surface area contributed by atoms with E-state index < -0.39 is 10.9 Å². The van der Waals surface area contributed by atoms with Gasteiger partial charge in [0.05, 0.1) is 15.1 Å². The van der Waals surface area contributed by atoms with Crippen LogP contribution < -0.4 is 0 Å². The van der Waals surface area contributed by atoms with Crippen LogP contribution >= 0.6 is 22.9 Å². The first kappa shape index (κ1) is 17.1. The molecule has 0 amide bonds. The Bertz CT molecular complexity index is 980. The Labute approximate surface area is 151 Å². The van der Waals surface area contributed by atoms with Gasteiger partial charge in [-0.3, -0.25) is 14.9 Å². The number of benzene rings is 2. The van der Waals surface area contributed by atoms with Crippen molar-refractivity contribution in [2.45, 2.75) is 6.92 Å². The van der Waals surface area contributed by atoms with Crippen LogP contribution in [0.2, 0.25) is 5.02 Å². The third-order valence-corrected chi connectivity index (χ3v) is 4.63. The fraction of sp³-hybridized carbons (Fsp3) is 0.0588. The lowest BCUT2D eigenvalue weighted by molar-refractivity contribution is -0.384. The molecule has 8 heteroatoms. The predicted octanol–water partition coefficient (Wildman–Crippen LogP) is 4.92. The summed E-state index contributed by atoms with van der Waals surface area (Å²) in [6, 6.07) is 11.6. The summed E-state index contributed by atoms with van der Waals surface area (Å²) in [4.78, 5) is 26.4. The fourth-order valence-corrected chi connectivity index (χ4v) is 3.25. The van der Waals surface area contributed by atoms with Crippen LogP contribution in [0.1, 0.15) is 17.5 Å². The minimum Gasteiger partial charge on any atom is -0.423 e. The Morgan fingerprint density at radius 3 is 2.76 bits per heavy atom. The van der Waals surface area contributed by atoms with Gasteiger partial charge in [0.15, 0.2) is 10.8 Å². The number of hydrogen-bond acceptors (Lipinski definition) is 6. The maximum absolute atomic E-state index is 11.5. The number of aromatic nitrogens is 1. The number of nitro groups is 1. The van der Waals surface area contributed by atoms with Crippen LogP contribution in [-0.4, -0.2) is 15.9 Å². The number of rotatable bonds is 4. The molecule has 0 N–H and O–H groups in total. The summed E-state index contributed by atoms with van der Waals surface area (Å²) in [6.45, 7) is 1.27. The highest BCUT2D eigenvalue weighted by Gasteiger charge is 2.15. The zero-order chi connectivity index (χ0) is 18.0. The summed E-state index contributed by atoms with van der Waals surface area (Å²) in [7, 11) is 0. The van der Waals surface area contributed by atoms with E-state index >= 15 is 0 Å². The largest absolute Gasteiger partial charge is 0.423 e. The van der Waals surface area contributed by atoms with Crippen molar-refractivity contribution in [3.63, 3.8) is 0 Å². The molecule has 0 saturated heterocycles. The first-order chi connectivity index (χ1) is 11.9. The lowest BCUT2D eigenvalue weighted by Crippen LogP contribution is -1.98. The normalized spacial score (nSPS) is 11.5. The number of nitro benzene ring substituents is 1. The van der Waals surface area contributed by atoms with Crippen molar-refractivity contribution in [2.75, 3.05) is 0 Å². The van der Waals surface area contributed by atoms with Gasteiger partial charge >= 0.3 is 5.97 Å². The number of carbonyl (C=O) groups excluding carboxylic acids is 1. The molecule has 3 rings (SSSR count). The van der Waals surface area contributed by atoms with Crippen LogP contribution in [0.25, 0.3) is 22.1 Å². The fourth-order valence-electron chi connectivity index (χ4n) is 2.16. The lowest BCUT2D eigenvalue weighted by Gasteiger charge is -2.05. The molecule has 2 aromatic carbocycles. The van der Waals surface area contributed by atoms with Crippen molar-refractivity contribution in [1.29, 1.82) is 0 Å². The van der Waals surface area contributed by atoms with Crippen molar-refractivity contribution in [3.8, 4) is 0 Å². The Balaban J connectivity index is 2.12. The average molecular weight is 375 g/mol. The molecule has 25 heavy (non-hydrogen) atoms. The zero-order valence-electron chi connectivity index (χ0n) is 12.9. The van der Waals surface area contributed by atoms with E-state index in [4.69, 9.17) is 16.3 Å². The zero-order valence-corrected chi connectivity index (χ0v) is 14.5. The molecule has 0 aliphatic carbocycles. The van der Waals surface area contributed by atoms with E-state index in [0.717, 1.165) is 10.2 Å². The SMILES string of the molecule is CC(=O)O/C(=C\c1cc([N+](=O)[O-])ccc1Cl)c1nc2ccccc2s1. The molecule has 0 saturated carbocycles. The molecule has 3 aromatic rings. The number of nitrogens with zero attached hydrogens (tertiary/aromatic N) is 2. The Morgan fingerprint density at radius 1 is 1.32 bits per heavy atom. The van der Waals surface area contributed by atoms with Gasteiger partial charge in [-0.05, 0) is 24.3 Å². The van der Waals surface area contributed by atoms with Gasteiger partial charge in [0.2, 0.25) is 0 Å². The van der Waals surface area contributed by atoms with Gasteiger partial charge in [0.1, 0.15) is 0 Å². The second kappa shape index (κ2) is 7.00. The quantitative estimate of drug-likeness (QED) is 0.280. The Hall–Kier alpha value is -2.77. The van der Waals surface area contributed by atoms with Gasteiger partial charge < -0.3 is 4.74 Å². The summed E-state index contributed by atoms with van der Waals surface area (Å²) >= 11 is 7.47. The monoisotopic (exact) mass is 374 g/mol. The van der Waals surface area contributed by atoms with Gasteiger partial charge in [-0.2, -0.15) is 0 Å². The molecule has 0 aliphatic heterocycles. The highest BCUT2D eigenvalue weighted by Crippen LogP contribution is 2.31. The first-order valence-electron chi connectivity index (χ1n) is 7.14. The van der Waals surface area contributed by atoms with Crippen molar-refractivity contribution in [3.05, 3.63) is 68.2 Å². The molecule has 6 nitrogen and oxygen atoms in total. The number of fused-ring (bicyclic) bond motifs is 1. The third-order valence-electron chi connectivity index (χ3n) is 3.24. The molecular formula is C17H11ClN2O4S. The molecular weight excluding hydrogens is 364 g/mol. The molecule has 0 bridgehead atoms. The molecule has 0 radical (unpaired) electrons. The van der Waals surface area contributed by atoms with Crippen molar-refractivity contribution < 1.29 is 14.5 Å². The maximum Gasteiger partial charge on any atom is 0.308 e. The number of halogens is 1. The number of hydrogen-bond donors (Lipinski definition) is 0. The predicted molar refractivity (Wildman–Crippen MR) is 97.4 cm³/mol. The van der Waals surface area contributed by atoms with Gasteiger partial charge in [0, 0.05) is 29.6 Å². The molecule has 0 atom stereocenters. The number of thiazole rings is 1. The Morgan fingerprint density at radius 2 is 2.08 bits per heavy atom. The van der Waals surface area contributed by atoms with E-state index in [0.29, 0.717) is 15.6 Å². The van der Waals surface area contributed by atoms with E-state index in [1.807, 2.05) is 24.3 Å². The number of carbonyl (C=O) groups is 1. The van der Waals surface area contributed by atoms with Gasteiger partial charge in [0.25, 0.3) is 5.69 Å². The van der Waals surface area contributed by atoms with E-state index in [-0.39, 0.29) is 11.4 Å². The summed E-state index contributed by atoms with van der Waals surface area (Å²) in [5, 5.41) is 11.7. The van der Waals surface area contributed by atoms with Crippen molar-refractivity contribution >= 4 is 56.6 Å². The van der Waals surface area contributed by atoms with E-state index in [9.17, 15) is 14.9 Å². The number of esters is 1. The second-order valence-corrected chi connectivity index (χ2v) is 6.49. The number of ether oxygens (including phenoxy) is 1.